The number of carbonyl (C=O) groups is 1. The van der Waals surface area contributed by atoms with Crippen molar-refractivity contribution in [3.63, 3.8) is 0 Å². The highest BCUT2D eigenvalue weighted by molar-refractivity contribution is 7.91. The molecule has 0 saturated heterocycles. The van der Waals surface area contributed by atoms with Crippen LogP contribution in [0.1, 0.15) is 53.7 Å². The molecule has 166 valence electrons. The standard InChI is InChI=1S/C26H28N2O3S/c1-19-24(15-16-25(27-19)21-10-4-2-5-11-21)26(29)28-22-12-8-9-20(17-22)18-32(30,31)23-13-6-3-7-14-23/h2,4-5,8-12,15-17,23H,3,6-7,13-14,18H2,1H3,(H,28,29). The van der Waals surface area contributed by atoms with Crippen molar-refractivity contribution in [2.75, 3.05) is 5.32 Å². The van der Waals surface area contributed by atoms with E-state index in [0.717, 1.165) is 43.4 Å². The van der Waals surface area contributed by atoms with Crippen LogP contribution in [-0.4, -0.2) is 24.6 Å². The lowest BCUT2D eigenvalue weighted by Gasteiger charge is -2.21. The van der Waals surface area contributed by atoms with Gasteiger partial charge in [0.1, 0.15) is 0 Å². The van der Waals surface area contributed by atoms with Crippen LogP contribution in [0.5, 0.6) is 0 Å². The Morgan fingerprint density at radius 2 is 1.72 bits per heavy atom. The summed E-state index contributed by atoms with van der Waals surface area (Å²) in [6, 6.07) is 20.5. The number of pyridine rings is 1. The first-order chi connectivity index (χ1) is 15.4. The number of benzene rings is 2. The van der Waals surface area contributed by atoms with Crippen molar-refractivity contribution >= 4 is 21.4 Å². The molecule has 0 atom stereocenters. The number of hydrogen-bond acceptors (Lipinski definition) is 4. The van der Waals surface area contributed by atoms with Gasteiger partial charge >= 0.3 is 0 Å². The van der Waals surface area contributed by atoms with Crippen molar-refractivity contribution < 1.29 is 13.2 Å². The summed E-state index contributed by atoms with van der Waals surface area (Å²) in [6.45, 7) is 1.81. The predicted octanol–water partition coefficient (Wildman–Crippen LogP) is 5.56. The minimum Gasteiger partial charge on any atom is -0.322 e. The molecule has 1 amide bonds. The third-order valence-corrected chi connectivity index (χ3v) is 8.24. The molecule has 1 heterocycles. The number of rotatable bonds is 6. The molecule has 1 fully saturated rings. The Morgan fingerprint density at radius 3 is 2.44 bits per heavy atom. The first-order valence-corrected chi connectivity index (χ1v) is 12.8. The highest BCUT2D eigenvalue weighted by Gasteiger charge is 2.27. The monoisotopic (exact) mass is 448 g/mol. The molecule has 3 aromatic rings. The second kappa shape index (κ2) is 9.65. The molecule has 0 unspecified atom stereocenters. The van der Waals surface area contributed by atoms with Crippen molar-refractivity contribution in [1.82, 2.24) is 4.98 Å². The van der Waals surface area contributed by atoms with E-state index >= 15 is 0 Å². The first-order valence-electron chi connectivity index (χ1n) is 11.1. The van der Waals surface area contributed by atoms with E-state index in [1.54, 1.807) is 30.3 Å². The van der Waals surface area contributed by atoms with Gasteiger partial charge in [-0.25, -0.2) is 8.42 Å². The molecule has 1 N–H and O–H groups in total. The Labute approximate surface area is 189 Å². The van der Waals surface area contributed by atoms with Crippen LogP contribution in [0, 0.1) is 6.92 Å². The zero-order valence-electron chi connectivity index (χ0n) is 18.3. The molecule has 1 aliphatic carbocycles. The van der Waals surface area contributed by atoms with Gasteiger partial charge in [-0.05, 0) is 49.6 Å². The normalized spacial score (nSPS) is 14.8. The van der Waals surface area contributed by atoms with Gasteiger partial charge in [-0.2, -0.15) is 0 Å². The molecule has 5 nitrogen and oxygen atoms in total. The highest BCUT2D eigenvalue weighted by Crippen LogP contribution is 2.27. The molecular formula is C26H28N2O3S. The van der Waals surface area contributed by atoms with Gasteiger partial charge in [0.05, 0.1) is 28.0 Å². The molecular weight excluding hydrogens is 420 g/mol. The molecule has 1 aromatic heterocycles. The Morgan fingerprint density at radius 1 is 0.969 bits per heavy atom. The smallest absolute Gasteiger partial charge is 0.257 e. The number of hydrogen-bond donors (Lipinski definition) is 1. The number of anilines is 1. The zero-order valence-corrected chi connectivity index (χ0v) is 19.1. The van der Waals surface area contributed by atoms with Gasteiger partial charge in [-0.1, -0.05) is 61.7 Å². The maximum Gasteiger partial charge on any atom is 0.257 e. The van der Waals surface area contributed by atoms with E-state index in [4.69, 9.17) is 0 Å². The van der Waals surface area contributed by atoms with E-state index in [9.17, 15) is 13.2 Å². The lowest BCUT2D eigenvalue weighted by Crippen LogP contribution is -2.25. The van der Waals surface area contributed by atoms with E-state index < -0.39 is 9.84 Å². The number of carbonyl (C=O) groups excluding carboxylic acids is 1. The van der Waals surface area contributed by atoms with Crippen LogP contribution in [0.25, 0.3) is 11.3 Å². The van der Waals surface area contributed by atoms with E-state index in [0.29, 0.717) is 22.5 Å². The van der Waals surface area contributed by atoms with Gasteiger partial charge in [0, 0.05) is 11.3 Å². The average Bonchev–Trinajstić information content (AvgIpc) is 2.80. The van der Waals surface area contributed by atoms with Gasteiger partial charge in [0.15, 0.2) is 9.84 Å². The molecule has 1 aliphatic rings. The number of nitrogens with one attached hydrogen (secondary N) is 1. The summed E-state index contributed by atoms with van der Waals surface area (Å²) in [5, 5.41) is 2.65. The number of aryl methyl sites for hydroxylation is 1. The quantitative estimate of drug-likeness (QED) is 0.536. The summed E-state index contributed by atoms with van der Waals surface area (Å²) < 4.78 is 25.6. The molecule has 32 heavy (non-hydrogen) atoms. The molecule has 0 bridgehead atoms. The third-order valence-electron chi connectivity index (χ3n) is 6.01. The molecule has 0 radical (unpaired) electrons. The Kier molecular flexibility index (Phi) is 6.70. The van der Waals surface area contributed by atoms with Gasteiger partial charge in [-0.15, -0.1) is 0 Å². The van der Waals surface area contributed by atoms with Crippen LogP contribution in [0.15, 0.2) is 66.7 Å². The topological polar surface area (TPSA) is 76.1 Å². The summed E-state index contributed by atoms with van der Waals surface area (Å²) in [6.07, 6.45) is 4.59. The first kappa shape index (κ1) is 22.2. The second-order valence-corrected chi connectivity index (χ2v) is 10.7. The van der Waals surface area contributed by atoms with Crippen molar-refractivity contribution in [2.45, 2.75) is 50.0 Å². The van der Waals surface area contributed by atoms with Gasteiger partial charge in [-0.3, -0.25) is 9.78 Å². The maximum absolute atomic E-state index is 12.9. The van der Waals surface area contributed by atoms with Gasteiger partial charge in [0.25, 0.3) is 5.91 Å². The molecule has 4 rings (SSSR count). The lowest BCUT2D eigenvalue weighted by atomic mass is 10.0. The fourth-order valence-electron chi connectivity index (χ4n) is 4.28. The van der Waals surface area contributed by atoms with Crippen LogP contribution >= 0.6 is 0 Å². The fourth-order valence-corrected chi connectivity index (χ4v) is 6.21. The molecule has 0 aliphatic heterocycles. The largest absolute Gasteiger partial charge is 0.322 e. The molecule has 2 aromatic carbocycles. The van der Waals surface area contributed by atoms with E-state index in [1.807, 2.05) is 43.3 Å². The summed E-state index contributed by atoms with van der Waals surface area (Å²) >= 11 is 0. The minimum atomic E-state index is -3.19. The van der Waals surface area contributed by atoms with Crippen molar-refractivity contribution in [3.8, 4) is 11.3 Å². The predicted molar refractivity (Wildman–Crippen MR) is 128 cm³/mol. The van der Waals surface area contributed by atoms with Crippen molar-refractivity contribution in [3.05, 3.63) is 83.6 Å². The molecule has 0 spiro atoms. The summed E-state index contributed by atoms with van der Waals surface area (Å²) in [5.74, 6) is -0.254. The molecule has 6 heteroatoms. The lowest BCUT2D eigenvalue weighted by molar-refractivity contribution is 0.102. The minimum absolute atomic E-state index is 0.00767. The van der Waals surface area contributed by atoms with Crippen molar-refractivity contribution in [1.29, 1.82) is 0 Å². The summed E-state index contributed by atoms with van der Waals surface area (Å²) in [4.78, 5) is 17.4. The van der Waals surface area contributed by atoms with Crippen LogP contribution in [-0.2, 0) is 15.6 Å². The number of sulfone groups is 1. The number of nitrogens with zero attached hydrogens (tertiary/aromatic N) is 1. The van der Waals surface area contributed by atoms with Crippen LogP contribution < -0.4 is 5.32 Å². The van der Waals surface area contributed by atoms with Crippen LogP contribution in [0.4, 0.5) is 5.69 Å². The highest BCUT2D eigenvalue weighted by atomic mass is 32.2. The maximum atomic E-state index is 12.9. The average molecular weight is 449 g/mol. The van der Waals surface area contributed by atoms with E-state index in [-0.39, 0.29) is 16.9 Å². The SMILES string of the molecule is Cc1nc(-c2ccccc2)ccc1C(=O)Nc1cccc(CS(=O)(=O)C2CCCCC2)c1. The third kappa shape index (κ3) is 5.25. The van der Waals surface area contributed by atoms with Crippen LogP contribution in [0.2, 0.25) is 0 Å². The second-order valence-electron chi connectivity index (χ2n) is 8.42. The number of aromatic nitrogens is 1. The fraction of sp³-hybridized carbons (Fsp3) is 0.308. The Bertz CT molecular complexity index is 1200. The van der Waals surface area contributed by atoms with Gasteiger partial charge < -0.3 is 5.32 Å². The van der Waals surface area contributed by atoms with Crippen LogP contribution in [0.3, 0.4) is 0 Å². The van der Waals surface area contributed by atoms with E-state index in [2.05, 4.69) is 10.3 Å². The van der Waals surface area contributed by atoms with E-state index in [1.165, 1.54) is 0 Å². The van der Waals surface area contributed by atoms with Crippen molar-refractivity contribution in [2.24, 2.45) is 0 Å². The Balaban J connectivity index is 1.47. The summed E-state index contributed by atoms with van der Waals surface area (Å²) in [5.41, 5.74) is 4.22. The zero-order chi connectivity index (χ0) is 22.6. The summed E-state index contributed by atoms with van der Waals surface area (Å²) in [7, 11) is -3.19. The Hall–Kier alpha value is -2.99. The number of amides is 1. The van der Waals surface area contributed by atoms with Gasteiger partial charge in [0.2, 0.25) is 0 Å². The molecule has 1 saturated carbocycles.